The summed E-state index contributed by atoms with van der Waals surface area (Å²) in [5.74, 6) is 0.810. The van der Waals surface area contributed by atoms with Gasteiger partial charge >= 0.3 is 11.1 Å². The molecule has 1 N–H and O–H groups in total. The smallest absolute Gasteiger partial charge is 0.316 e. The second-order valence-corrected chi connectivity index (χ2v) is 6.41. The lowest BCUT2D eigenvalue weighted by Gasteiger charge is -2.14. The fourth-order valence-corrected chi connectivity index (χ4v) is 3.09. The summed E-state index contributed by atoms with van der Waals surface area (Å²) in [6.07, 6.45) is 0. The highest BCUT2D eigenvalue weighted by Crippen LogP contribution is 2.33. The van der Waals surface area contributed by atoms with Crippen molar-refractivity contribution in [3.05, 3.63) is 62.2 Å². The summed E-state index contributed by atoms with van der Waals surface area (Å²) in [6.45, 7) is 1.96. The van der Waals surface area contributed by atoms with E-state index in [1.165, 1.54) is 16.2 Å². The van der Waals surface area contributed by atoms with E-state index in [0.717, 1.165) is 5.56 Å². The Labute approximate surface area is 153 Å². The highest BCUT2D eigenvalue weighted by atomic mass is 16.7. The number of benzene rings is 2. The van der Waals surface area contributed by atoms with E-state index >= 15 is 0 Å². The maximum atomic E-state index is 12.6. The number of amides is 1. The molecule has 8 heteroatoms. The molecular weight excluding hydrogens is 350 g/mol. The molecule has 2 aromatic carbocycles. The molecule has 2 heterocycles. The molecule has 1 aliphatic rings. The Morgan fingerprint density at radius 1 is 0.963 bits per heavy atom. The fraction of sp³-hybridized carbons (Fsp3) is 0.211. The number of carbonyl (C=O) groups is 1. The number of aryl methyl sites for hydroxylation is 3. The van der Waals surface area contributed by atoms with Crippen molar-refractivity contribution in [2.75, 3.05) is 12.1 Å². The fourth-order valence-electron chi connectivity index (χ4n) is 3.09. The van der Waals surface area contributed by atoms with Gasteiger partial charge in [-0.3, -0.25) is 14.4 Å². The summed E-state index contributed by atoms with van der Waals surface area (Å²) >= 11 is 0. The van der Waals surface area contributed by atoms with Crippen molar-refractivity contribution >= 4 is 22.6 Å². The minimum Gasteiger partial charge on any atom is -0.454 e. The van der Waals surface area contributed by atoms with Gasteiger partial charge in [0.05, 0.1) is 11.0 Å². The molecule has 0 fully saturated rings. The molecule has 0 spiro atoms. The van der Waals surface area contributed by atoms with Crippen molar-refractivity contribution in [2.24, 2.45) is 14.1 Å². The number of nitrogens with one attached hydrogen (secondary N) is 1. The maximum absolute atomic E-state index is 12.6. The van der Waals surface area contributed by atoms with Crippen LogP contribution in [0.4, 0.5) is 5.69 Å². The van der Waals surface area contributed by atoms with Crippen LogP contribution in [-0.2, 0) is 14.1 Å². The minimum atomic E-state index is -0.623. The largest absolute Gasteiger partial charge is 0.454 e. The number of nitrogens with zero attached hydrogens (tertiary/aromatic N) is 2. The lowest BCUT2D eigenvalue weighted by Crippen LogP contribution is -2.39. The average molecular weight is 367 g/mol. The highest BCUT2D eigenvalue weighted by molar-refractivity contribution is 6.05. The zero-order chi connectivity index (χ0) is 19.3. The van der Waals surface area contributed by atoms with Gasteiger partial charge < -0.3 is 23.9 Å². The zero-order valence-electron chi connectivity index (χ0n) is 15.0. The first kappa shape index (κ1) is 16.9. The molecule has 3 aromatic rings. The third-order valence-electron chi connectivity index (χ3n) is 4.72. The molecular formula is C19H17N3O5. The molecule has 0 saturated heterocycles. The Kier molecular flexibility index (Phi) is 3.76. The maximum Gasteiger partial charge on any atom is 0.316 e. The van der Waals surface area contributed by atoms with Crippen LogP contribution in [-0.4, -0.2) is 21.8 Å². The number of hydrogen-bond acceptors (Lipinski definition) is 5. The van der Waals surface area contributed by atoms with Crippen molar-refractivity contribution in [3.63, 3.8) is 0 Å². The Morgan fingerprint density at radius 3 is 2.30 bits per heavy atom. The molecule has 138 valence electrons. The van der Waals surface area contributed by atoms with Crippen LogP contribution in [0.15, 0.2) is 39.9 Å². The van der Waals surface area contributed by atoms with Crippen molar-refractivity contribution in [1.29, 1.82) is 0 Å². The quantitative estimate of drug-likeness (QED) is 0.694. The Morgan fingerprint density at radius 2 is 1.59 bits per heavy atom. The number of fused-ring (bicyclic) bond motifs is 2. The van der Waals surface area contributed by atoms with Crippen LogP contribution in [0, 0.1) is 6.92 Å². The Balaban J connectivity index is 1.76. The SMILES string of the molecule is Cc1cc2c(cc1NC(=O)c1ccc3c(c1)OCO3)n(C)c(=O)c(=O)n2C. The van der Waals surface area contributed by atoms with Gasteiger partial charge in [-0.2, -0.15) is 0 Å². The van der Waals surface area contributed by atoms with E-state index in [9.17, 15) is 14.4 Å². The molecule has 27 heavy (non-hydrogen) atoms. The number of anilines is 1. The van der Waals surface area contributed by atoms with E-state index < -0.39 is 11.1 Å². The van der Waals surface area contributed by atoms with Gasteiger partial charge in [0.25, 0.3) is 5.91 Å². The van der Waals surface area contributed by atoms with Gasteiger partial charge in [-0.1, -0.05) is 0 Å². The van der Waals surface area contributed by atoms with E-state index in [2.05, 4.69) is 5.32 Å². The predicted molar refractivity (Wildman–Crippen MR) is 99.7 cm³/mol. The van der Waals surface area contributed by atoms with Gasteiger partial charge in [0.1, 0.15) is 0 Å². The molecule has 0 saturated carbocycles. The molecule has 0 aliphatic carbocycles. The van der Waals surface area contributed by atoms with Crippen molar-refractivity contribution in [1.82, 2.24) is 9.13 Å². The molecule has 0 bridgehead atoms. The van der Waals surface area contributed by atoms with Crippen molar-refractivity contribution in [3.8, 4) is 11.5 Å². The van der Waals surface area contributed by atoms with Gasteiger partial charge in [-0.15, -0.1) is 0 Å². The second-order valence-electron chi connectivity index (χ2n) is 6.41. The number of hydrogen-bond donors (Lipinski definition) is 1. The average Bonchev–Trinajstić information content (AvgIpc) is 3.13. The Hall–Kier alpha value is -3.55. The van der Waals surface area contributed by atoms with E-state index in [1.54, 1.807) is 37.4 Å². The topological polar surface area (TPSA) is 91.6 Å². The number of carbonyl (C=O) groups excluding carboxylic acids is 1. The summed E-state index contributed by atoms with van der Waals surface area (Å²) in [4.78, 5) is 36.7. The minimum absolute atomic E-state index is 0.136. The van der Waals surface area contributed by atoms with Gasteiger partial charge in [0, 0.05) is 25.3 Å². The van der Waals surface area contributed by atoms with Crippen LogP contribution in [0.5, 0.6) is 11.5 Å². The van der Waals surface area contributed by atoms with Crippen LogP contribution < -0.4 is 25.9 Å². The predicted octanol–water partition coefficient (Wildman–Crippen LogP) is 1.53. The summed E-state index contributed by atoms with van der Waals surface area (Å²) in [7, 11) is 3.08. The van der Waals surface area contributed by atoms with Crippen molar-refractivity contribution < 1.29 is 14.3 Å². The number of rotatable bonds is 2. The van der Waals surface area contributed by atoms with Gasteiger partial charge in [-0.25, -0.2) is 0 Å². The molecule has 0 radical (unpaired) electrons. The Bertz CT molecular complexity index is 1220. The summed E-state index contributed by atoms with van der Waals surface area (Å²) < 4.78 is 13.2. The van der Waals surface area contributed by atoms with E-state index in [4.69, 9.17) is 9.47 Å². The third-order valence-corrected chi connectivity index (χ3v) is 4.72. The first-order chi connectivity index (χ1) is 12.9. The van der Waals surface area contributed by atoms with Crippen LogP contribution in [0.1, 0.15) is 15.9 Å². The van der Waals surface area contributed by atoms with Gasteiger partial charge in [-0.05, 0) is 42.8 Å². The van der Waals surface area contributed by atoms with Crippen LogP contribution in [0.2, 0.25) is 0 Å². The number of aromatic nitrogens is 2. The highest BCUT2D eigenvalue weighted by Gasteiger charge is 2.17. The molecule has 0 atom stereocenters. The first-order valence-corrected chi connectivity index (χ1v) is 8.28. The molecule has 0 unspecified atom stereocenters. The van der Waals surface area contributed by atoms with Gasteiger partial charge in [0.15, 0.2) is 11.5 Å². The van der Waals surface area contributed by atoms with E-state index in [0.29, 0.717) is 33.8 Å². The van der Waals surface area contributed by atoms with Gasteiger partial charge in [0.2, 0.25) is 6.79 Å². The molecule has 1 aliphatic heterocycles. The van der Waals surface area contributed by atoms with Crippen LogP contribution >= 0.6 is 0 Å². The van der Waals surface area contributed by atoms with Crippen LogP contribution in [0.3, 0.4) is 0 Å². The van der Waals surface area contributed by atoms with Crippen LogP contribution in [0.25, 0.3) is 11.0 Å². The van der Waals surface area contributed by atoms with E-state index in [-0.39, 0.29) is 12.7 Å². The molecule has 1 amide bonds. The second kappa shape index (κ2) is 6.01. The summed E-state index contributed by atoms with van der Waals surface area (Å²) in [5.41, 5.74) is 1.69. The zero-order valence-corrected chi connectivity index (χ0v) is 15.0. The summed E-state index contributed by atoms with van der Waals surface area (Å²) in [6, 6.07) is 8.41. The third kappa shape index (κ3) is 2.66. The lowest BCUT2D eigenvalue weighted by atomic mass is 10.1. The first-order valence-electron chi connectivity index (χ1n) is 8.28. The molecule has 1 aromatic heterocycles. The summed E-state index contributed by atoms with van der Waals surface area (Å²) in [5, 5.41) is 2.85. The normalized spacial score (nSPS) is 12.4. The molecule has 4 rings (SSSR count). The van der Waals surface area contributed by atoms with E-state index in [1.807, 2.05) is 6.92 Å². The molecule has 8 nitrogen and oxygen atoms in total. The van der Waals surface area contributed by atoms with Crippen molar-refractivity contribution in [2.45, 2.75) is 6.92 Å². The lowest BCUT2D eigenvalue weighted by molar-refractivity contribution is 0.102. The number of ether oxygens (including phenoxy) is 2. The monoisotopic (exact) mass is 367 g/mol. The standard InChI is InChI=1S/C19H17N3O5/c1-10-6-13-14(22(3)19(25)18(24)21(13)2)8-12(10)20-17(23)11-4-5-15-16(7-11)27-9-26-15/h4-8H,9H2,1-3H3,(H,20,23).